The molecule has 9 nitrogen and oxygen atoms in total. The Balaban J connectivity index is 2.00. The molecule has 1 aliphatic heterocycles. The van der Waals surface area contributed by atoms with Crippen LogP contribution in [0.25, 0.3) is 0 Å². The minimum absolute atomic E-state index is 0.0452. The lowest BCUT2D eigenvalue weighted by atomic mass is 9.92. The summed E-state index contributed by atoms with van der Waals surface area (Å²) >= 11 is 0. The third kappa shape index (κ3) is 3.94. The second kappa shape index (κ2) is 7.84. The number of nitrogens with two attached hydrogens (primary N) is 1. The van der Waals surface area contributed by atoms with Gasteiger partial charge in [-0.3, -0.25) is 9.79 Å². The number of anilines is 1. The van der Waals surface area contributed by atoms with Gasteiger partial charge in [-0.25, -0.2) is 27.2 Å². The van der Waals surface area contributed by atoms with Crippen molar-refractivity contribution in [1.82, 2.24) is 9.97 Å². The van der Waals surface area contributed by atoms with Crippen molar-refractivity contribution in [3.63, 3.8) is 0 Å². The van der Waals surface area contributed by atoms with E-state index in [-0.39, 0.29) is 28.7 Å². The zero-order valence-electron chi connectivity index (χ0n) is 17.0. The fraction of sp³-hybridized carbons (Fsp3) is 0.368. The van der Waals surface area contributed by atoms with Gasteiger partial charge < -0.3 is 15.8 Å². The average Bonchev–Trinajstić information content (AvgIpc) is 2.73. The van der Waals surface area contributed by atoms with Gasteiger partial charge in [0, 0.05) is 11.3 Å². The number of benzene rings is 1. The maximum atomic E-state index is 14.7. The maximum absolute atomic E-state index is 14.7. The molecular weight excluding hydrogens is 432 g/mol. The molecule has 3 N–H and O–H groups in total. The molecule has 3 rings (SSSR count). The van der Waals surface area contributed by atoms with E-state index in [1.54, 1.807) is 0 Å². The summed E-state index contributed by atoms with van der Waals surface area (Å²) in [6.07, 6.45) is 2.43. The lowest BCUT2D eigenvalue weighted by Gasteiger charge is -2.38. The summed E-state index contributed by atoms with van der Waals surface area (Å²) in [6, 6.07) is 3.36. The van der Waals surface area contributed by atoms with Crippen LogP contribution < -0.4 is 15.8 Å². The zero-order chi connectivity index (χ0) is 23.0. The molecule has 1 aromatic heterocycles. The van der Waals surface area contributed by atoms with Crippen LogP contribution in [0.15, 0.2) is 35.6 Å². The molecule has 0 saturated carbocycles. The maximum Gasteiger partial charge on any atom is 0.275 e. The van der Waals surface area contributed by atoms with E-state index >= 15 is 0 Å². The number of aliphatic imine (C=N–C) groups is 1. The summed E-state index contributed by atoms with van der Waals surface area (Å²) in [7, 11) is -2.57. The Morgan fingerprint density at radius 2 is 2.00 bits per heavy atom. The smallest absolute Gasteiger partial charge is 0.275 e. The van der Waals surface area contributed by atoms with Crippen molar-refractivity contribution in [2.75, 3.05) is 24.9 Å². The van der Waals surface area contributed by atoms with Crippen LogP contribution in [-0.2, 0) is 15.4 Å². The van der Waals surface area contributed by atoms with Crippen LogP contribution in [0.2, 0.25) is 0 Å². The van der Waals surface area contributed by atoms with E-state index in [2.05, 4.69) is 20.3 Å². The molecule has 1 aliphatic rings. The number of hydrogen-bond acceptors (Lipinski definition) is 8. The fourth-order valence-corrected chi connectivity index (χ4v) is 4.67. The van der Waals surface area contributed by atoms with E-state index in [1.807, 2.05) is 0 Å². The second-order valence-corrected chi connectivity index (χ2v) is 10.1. The molecule has 0 bridgehead atoms. The van der Waals surface area contributed by atoms with Crippen LogP contribution in [0.4, 0.5) is 14.5 Å². The number of sulfone groups is 1. The fourth-order valence-electron chi connectivity index (χ4n) is 3.02. The Morgan fingerprint density at radius 3 is 2.55 bits per heavy atom. The molecule has 0 aliphatic carbocycles. The predicted molar refractivity (Wildman–Crippen MR) is 110 cm³/mol. The molecule has 0 radical (unpaired) electrons. The highest BCUT2D eigenvalue weighted by molar-refractivity contribution is 7.93. The van der Waals surface area contributed by atoms with Crippen LogP contribution in [0.1, 0.15) is 29.9 Å². The van der Waals surface area contributed by atoms with Crippen LogP contribution in [0.5, 0.6) is 5.88 Å². The van der Waals surface area contributed by atoms with Crippen molar-refractivity contribution < 1.29 is 26.7 Å². The first-order valence-electron chi connectivity index (χ1n) is 9.07. The zero-order valence-corrected chi connectivity index (χ0v) is 17.8. The topological polar surface area (TPSA) is 137 Å². The number of carbonyl (C=O) groups excluding carboxylic acids is 1. The van der Waals surface area contributed by atoms with Crippen molar-refractivity contribution in [2.45, 2.75) is 24.1 Å². The summed E-state index contributed by atoms with van der Waals surface area (Å²) in [5.41, 5.74) is 3.47. The summed E-state index contributed by atoms with van der Waals surface area (Å²) < 4.78 is 57.7. The Kier molecular flexibility index (Phi) is 5.70. The van der Waals surface area contributed by atoms with Crippen molar-refractivity contribution in [2.24, 2.45) is 10.7 Å². The number of halogens is 2. The molecule has 12 heteroatoms. The normalized spacial score (nSPS) is 21.8. The van der Waals surface area contributed by atoms with E-state index in [1.165, 1.54) is 39.4 Å². The SMILES string of the molecule is COc1cnc(C(=O)Nc2ccc(F)c(C3(CF)CS(=O)(=O)C(C)(C)C(N)=N3)c2)cn1. The highest BCUT2D eigenvalue weighted by Gasteiger charge is 2.51. The quantitative estimate of drug-likeness (QED) is 0.702. The number of nitrogens with zero attached hydrogens (tertiary/aromatic N) is 3. The lowest BCUT2D eigenvalue weighted by Crippen LogP contribution is -2.56. The first-order chi connectivity index (χ1) is 14.5. The first kappa shape index (κ1) is 22.5. The summed E-state index contributed by atoms with van der Waals surface area (Å²) in [5.74, 6) is -2.43. The van der Waals surface area contributed by atoms with Crippen molar-refractivity contribution in [3.8, 4) is 5.88 Å². The molecule has 1 atom stereocenters. The van der Waals surface area contributed by atoms with E-state index < -0.39 is 44.3 Å². The van der Waals surface area contributed by atoms with Crippen LogP contribution in [0, 0.1) is 5.82 Å². The highest BCUT2D eigenvalue weighted by atomic mass is 32.2. The summed E-state index contributed by atoms with van der Waals surface area (Å²) in [4.78, 5) is 24.2. The Bertz CT molecular complexity index is 1150. The largest absolute Gasteiger partial charge is 0.480 e. The molecule has 1 aromatic carbocycles. The Hall–Kier alpha value is -3.15. The number of nitrogens with one attached hydrogen (secondary N) is 1. The van der Waals surface area contributed by atoms with Crippen molar-refractivity contribution in [3.05, 3.63) is 47.7 Å². The molecule has 2 heterocycles. The molecule has 2 aromatic rings. The number of hydrogen-bond donors (Lipinski definition) is 2. The molecule has 1 amide bonds. The molecule has 1 unspecified atom stereocenters. The predicted octanol–water partition coefficient (Wildman–Crippen LogP) is 1.61. The number of aromatic nitrogens is 2. The van der Waals surface area contributed by atoms with E-state index in [9.17, 15) is 22.0 Å². The number of methoxy groups -OCH3 is 1. The number of amides is 1. The minimum Gasteiger partial charge on any atom is -0.480 e. The Morgan fingerprint density at radius 1 is 1.29 bits per heavy atom. The van der Waals surface area contributed by atoms with E-state index in [0.29, 0.717) is 0 Å². The van der Waals surface area contributed by atoms with Gasteiger partial charge in [0.05, 0.1) is 25.3 Å². The van der Waals surface area contributed by atoms with Crippen LogP contribution in [-0.4, -0.2) is 54.4 Å². The second-order valence-electron chi connectivity index (χ2n) is 7.52. The van der Waals surface area contributed by atoms with Gasteiger partial charge in [-0.1, -0.05) is 0 Å². The number of amidine groups is 1. The van der Waals surface area contributed by atoms with Gasteiger partial charge in [0.15, 0.2) is 9.84 Å². The monoisotopic (exact) mass is 453 g/mol. The highest BCUT2D eigenvalue weighted by Crippen LogP contribution is 2.39. The number of alkyl halides is 1. The van der Waals surface area contributed by atoms with Crippen molar-refractivity contribution >= 4 is 27.3 Å². The number of rotatable bonds is 5. The average molecular weight is 453 g/mol. The molecule has 166 valence electrons. The number of ether oxygens (including phenoxy) is 1. The van der Waals surface area contributed by atoms with Gasteiger partial charge in [-0.15, -0.1) is 0 Å². The lowest BCUT2D eigenvalue weighted by molar-refractivity contribution is 0.102. The van der Waals surface area contributed by atoms with Crippen LogP contribution in [0.3, 0.4) is 0 Å². The third-order valence-corrected chi connectivity index (χ3v) is 7.80. The van der Waals surface area contributed by atoms with E-state index in [0.717, 1.165) is 12.1 Å². The first-order valence-corrected chi connectivity index (χ1v) is 10.7. The van der Waals surface area contributed by atoms with E-state index in [4.69, 9.17) is 10.5 Å². The standard InChI is InChI=1S/C19H21F2N5O4S/c1-18(2)17(22)26-19(9-20,10-31(18,28)29)12-6-11(4-5-13(12)21)25-16(27)14-7-24-15(30-3)8-23-14/h4-8H,9-10H2,1-3H3,(H2,22,26)(H,25,27). The third-order valence-electron chi connectivity index (χ3n) is 5.17. The molecular formula is C19H21F2N5O4S. The van der Waals surface area contributed by atoms with Crippen LogP contribution >= 0.6 is 0 Å². The van der Waals surface area contributed by atoms with Gasteiger partial charge in [0.1, 0.15) is 34.3 Å². The van der Waals surface area contributed by atoms with Gasteiger partial charge >= 0.3 is 0 Å². The van der Waals surface area contributed by atoms with Crippen molar-refractivity contribution in [1.29, 1.82) is 0 Å². The van der Waals surface area contributed by atoms with Gasteiger partial charge in [-0.2, -0.15) is 0 Å². The van der Waals surface area contributed by atoms with Gasteiger partial charge in [0.2, 0.25) is 5.88 Å². The molecule has 0 saturated heterocycles. The van der Waals surface area contributed by atoms with Gasteiger partial charge in [-0.05, 0) is 32.0 Å². The summed E-state index contributed by atoms with van der Waals surface area (Å²) in [6.45, 7) is 1.40. The molecule has 31 heavy (non-hydrogen) atoms. The summed E-state index contributed by atoms with van der Waals surface area (Å²) in [5, 5.41) is 2.49. The number of carbonyl (C=O) groups is 1. The molecule has 0 fully saturated rings. The van der Waals surface area contributed by atoms with Gasteiger partial charge in [0.25, 0.3) is 5.91 Å². The minimum atomic E-state index is -3.96. The molecule has 0 spiro atoms. The Labute approximate surface area is 177 Å².